The first-order valence-corrected chi connectivity index (χ1v) is 31.5. The molecule has 4 aliphatic heterocycles. The summed E-state index contributed by atoms with van der Waals surface area (Å²) < 4.78 is 29.0. The number of aliphatic hydroxyl groups excluding tert-OH is 1. The van der Waals surface area contributed by atoms with Crippen LogP contribution in [0.2, 0.25) is 0 Å². The Morgan fingerprint density at radius 2 is 1.20 bits per heavy atom. The van der Waals surface area contributed by atoms with E-state index in [0.29, 0.717) is 88.4 Å². The van der Waals surface area contributed by atoms with Gasteiger partial charge in [-0.25, -0.2) is 4.98 Å². The van der Waals surface area contributed by atoms with Crippen LogP contribution in [0.1, 0.15) is 95.1 Å². The van der Waals surface area contributed by atoms with Gasteiger partial charge in [0.15, 0.2) is 23.0 Å². The van der Waals surface area contributed by atoms with Crippen molar-refractivity contribution in [2.45, 2.75) is 83.3 Å². The molecule has 0 saturated heterocycles. The average Bonchev–Trinajstić information content (AvgIpc) is 1.95. The molecule has 4 aliphatic rings. The van der Waals surface area contributed by atoms with Crippen molar-refractivity contribution >= 4 is 111 Å². The molecule has 0 bridgehead atoms. The molecule has 4 aromatic carbocycles. The Bertz CT molecular complexity index is 3560. The normalized spacial score (nSPS) is 16.5. The van der Waals surface area contributed by atoms with E-state index in [0.717, 1.165) is 28.0 Å². The summed E-state index contributed by atoms with van der Waals surface area (Å²) in [6.07, 6.45) is 12.2. The van der Waals surface area contributed by atoms with Crippen LogP contribution >= 0.6 is 23.5 Å². The lowest BCUT2D eigenvalue weighted by Gasteiger charge is -2.24. The summed E-state index contributed by atoms with van der Waals surface area (Å²) in [6.45, 7) is 5.54. The van der Waals surface area contributed by atoms with Crippen LogP contribution in [-0.4, -0.2) is 157 Å². The largest absolute Gasteiger partial charge is 0.497 e. The molecule has 88 heavy (non-hydrogen) atoms. The van der Waals surface area contributed by atoms with Gasteiger partial charge in [0.25, 0.3) is 17.7 Å². The first kappa shape index (κ1) is 63.6. The lowest BCUT2D eigenvalue weighted by molar-refractivity contribution is -0.128. The predicted octanol–water partition coefficient (Wildman–Crippen LogP) is 8.97. The highest BCUT2D eigenvalue weighted by Crippen LogP contribution is 2.42. The molecule has 0 radical (unpaired) electrons. The summed E-state index contributed by atoms with van der Waals surface area (Å²) >= 11 is 3.07. The minimum atomic E-state index is -1.06. The molecule has 0 aliphatic carbocycles. The molecule has 6 N–H and O–H groups in total. The predicted molar refractivity (Wildman–Crippen MR) is 343 cm³/mol. The summed E-state index contributed by atoms with van der Waals surface area (Å²) in [5, 5.41) is 24.5. The number of hydrogen-bond acceptors (Lipinski definition) is 18. The zero-order chi connectivity index (χ0) is 62.6. The number of thioether (sulfide) groups is 2. The van der Waals surface area contributed by atoms with Gasteiger partial charge < -0.3 is 65.2 Å². The highest BCUT2D eigenvalue weighted by Gasteiger charge is 2.36. The smallest absolute Gasteiger partial charge is 0.260 e. The molecule has 1 aromatic heterocycles. The maximum atomic E-state index is 14.2. The molecule has 6 amide bonds. The van der Waals surface area contributed by atoms with Crippen molar-refractivity contribution in [3.63, 3.8) is 0 Å². The van der Waals surface area contributed by atoms with Crippen molar-refractivity contribution in [2.24, 2.45) is 15.9 Å². The Labute approximate surface area is 519 Å². The van der Waals surface area contributed by atoms with Gasteiger partial charge in [0.2, 0.25) is 17.7 Å². The van der Waals surface area contributed by atoms with Gasteiger partial charge >= 0.3 is 0 Å². The molecule has 9 rings (SSSR count). The van der Waals surface area contributed by atoms with Crippen molar-refractivity contribution < 1.29 is 57.6 Å². The number of nitrogens with zero attached hydrogens (tertiary/aromatic N) is 5. The van der Waals surface area contributed by atoms with E-state index < -0.39 is 42.0 Å². The van der Waals surface area contributed by atoms with E-state index in [4.69, 9.17) is 33.7 Å². The number of ether oxygens (including phenoxy) is 5. The van der Waals surface area contributed by atoms with Gasteiger partial charge in [-0.05, 0) is 102 Å². The lowest BCUT2D eigenvalue weighted by atomic mass is 10.0. The minimum Gasteiger partial charge on any atom is -0.497 e. The minimum absolute atomic E-state index is 0.0867. The number of benzene rings is 4. The number of nitrogens with one attached hydrogen (secondary N) is 5. The number of aliphatic hydroxyl groups is 1. The van der Waals surface area contributed by atoms with Crippen molar-refractivity contribution in [3.05, 3.63) is 125 Å². The number of amides is 6. The van der Waals surface area contributed by atoms with Crippen LogP contribution in [0.5, 0.6) is 28.7 Å². The Kier molecular flexibility index (Phi) is 21.1. The van der Waals surface area contributed by atoms with Gasteiger partial charge in [0.1, 0.15) is 35.7 Å². The standard InChI is InChI=1S/C64H72N10O12S2/c1-36(2)59(72-61(78)40-26-55(70-57(75)18-22-87-7)69-56(27-40)71-58(76)19-23-88-8)62(79)67-37(3)60(77)68-43-14-10-38(11-15-43)41-24-44-32-65-49-30-53(51(83-5)28-47(49)63(80)73(44)34-41)85-20-9-21-86-54-31-50-48(29-52(54)84-6)64(81)74-35-42(25-45(74)33-66-50)39-12-16-46(82-4)17-13-39/h10-17,26-37,44-45,57,59,75H,9,18-25H2,1-8H3,(H,67,79)(H,68,77)(H,72,78)(H2,69,70,71,76)/t37-,44-,45-,57?,59-/m0/s1. The van der Waals surface area contributed by atoms with Crippen LogP contribution in [-0.2, 0) is 14.4 Å². The SMILES string of the molecule is COc1ccc(C2=CN3C(=O)c4cc(OC)c(OCCCOc5cc6c(cc5OC)C(=O)N5C=C(c7ccc(NC(=O)[C@H](C)NC(=O)[C@@H](NC(=O)c8cc(NC(=O)CCSC)nc(NC(O)CCSC)c8)C(C)C)cc7)C[C@H]5C=N6)cc4N=C[C@@H]3C2)cc1. The molecule has 5 heterocycles. The molecule has 0 saturated carbocycles. The van der Waals surface area contributed by atoms with E-state index in [1.54, 1.807) is 97.5 Å². The van der Waals surface area contributed by atoms with Crippen molar-refractivity contribution in [1.82, 2.24) is 25.4 Å². The second-order valence-electron chi connectivity index (χ2n) is 21.5. The quantitative estimate of drug-likeness (QED) is 0.0211. The summed E-state index contributed by atoms with van der Waals surface area (Å²) in [5.41, 5.74) is 5.93. The molecule has 1 unspecified atom stereocenters. The third kappa shape index (κ3) is 15.3. The molecule has 0 spiro atoms. The first-order valence-electron chi connectivity index (χ1n) is 28.7. The van der Waals surface area contributed by atoms with Gasteiger partial charge in [-0.3, -0.25) is 38.8 Å². The Morgan fingerprint density at radius 1 is 0.659 bits per heavy atom. The van der Waals surface area contributed by atoms with E-state index >= 15 is 0 Å². The van der Waals surface area contributed by atoms with E-state index in [2.05, 4.69) is 31.6 Å². The van der Waals surface area contributed by atoms with E-state index in [1.807, 2.05) is 55.1 Å². The number of aromatic nitrogens is 1. The molecular weight excluding hydrogens is 1160 g/mol. The molecule has 0 fully saturated rings. The van der Waals surface area contributed by atoms with Gasteiger partial charge in [-0.15, -0.1) is 0 Å². The average molecular weight is 1240 g/mol. The molecule has 5 aromatic rings. The lowest BCUT2D eigenvalue weighted by Crippen LogP contribution is -2.53. The van der Waals surface area contributed by atoms with Crippen LogP contribution in [0.4, 0.5) is 28.7 Å². The molecule has 24 heteroatoms. The second kappa shape index (κ2) is 29.2. The molecule has 462 valence electrons. The van der Waals surface area contributed by atoms with Gasteiger partial charge in [-0.1, -0.05) is 38.1 Å². The van der Waals surface area contributed by atoms with Crippen molar-refractivity contribution in [3.8, 4) is 28.7 Å². The Balaban J connectivity index is 0.766. The number of pyridine rings is 1. The highest BCUT2D eigenvalue weighted by atomic mass is 32.2. The number of aliphatic imine (C=N–C) groups is 2. The molecule has 22 nitrogen and oxygen atoms in total. The van der Waals surface area contributed by atoms with E-state index in [-0.39, 0.29) is 66.6 Å². The summed E-state index contributed by atoms with van der Waals surface area (Å²) in [7, 11) is 4.65. The van der Waals surface area contributed by atoms with Gasteiger partial charge in [0.05, 0.1) is 69.1 Å². The van der Waals surface area contributed by atoms with E-state index in [1.165, 1.54) is 45.0 Å². The second-order valence-corrected chi connectivity index (χ2v) is 23.5. The number of rotatable bonds is 27. The highest BCUT2D eigenvalue weighted by molar-refractivity contribution is 7.98. The molecular formula is C64H72N10O12S2. The van der Waals surface area contributed by atoms with Crippen LogP contribution in [0.15, 0.2) is 107 Å². The fraction of sp³-hybridized carbons (Fsp3) is 0.359. The van der Waals surface area contributed by atoms with E-state index in [9.17, 15) is 33.9 Å². The fourth-order valence-electron chi connectivity index (χ4n) is 10.2. The van der Waals surface area contributed by atoms with Crippen LogP contribution < -0.4 is 50.3 Å². The van der Waals surface area contributed by atoms with Gasteiger partial charge in [-0.2, -0.15) is 23.5 Å². The number of carbonyl (C=O) groups excluding carboxylic acids is 6. The Morgan fingerprint density at radius 3 is 1.73 bits per heavy atom. The third-order valence-corrected chi connectivity index (χ3v) is 16.3. The number of anilines is 3. The van der Waals surface area contributed by atoms with Crippen LogP contribution in [0.25, 0.3) is 11.1 Å². The zero-order valence-corrected chi connectivity index (χ0v) is 51.8. The monoisotopic (exact) mass is 1240 g/mol. The van der Waals surface area contributed by atoms with Crippen molar-refractivity contribution in [2.75, 3.05) is 74.5 Å². The first-order chi connectivity index (χ1) is 42.5. The Hall–Kier alpha value is -8.87. The number of hydrogen-bond donors (Lipinski definition) is 6. The number of carbonyl (C=O) groups is 6. The zero-order valence-electron chi connectivity index (χ0n) is 50.2. The summed E-state index contributed by atoms with van der Waals surface area (Å²) in [5.74, 6) is 0.994. The maximum absolute atomic E-state index is 14.2. The topological polar surface area (TPSA) is 273 Å². The van der Waals surface area contributed by atoms with Crippen LogP contribution in [0.3, 0.4) is 0 Å². The number of fused-ring (bicyclic) bond motifs is 4. The maximum Gasteiger partial charge on any atom is 0.260 e. The summed E-state index contributed by atoms with van der Waals surface area (Å²) in [4.78, 5) is 98.8. The van der Waals surface area contributed by atoms with Crippen LogP contribution in [0, 0.1) is 5.92 Å². The van der Waals surface area contributed by atoms with Gasteiger partial charge in [0, 0.05) is 86.1 Å². The number of methoxy groups -OCH3 is 3. The van der Waals surface area contributed by atoms with Crippen molar-refractivity contribution in [1.29, 1.82) is 0 Å². The summed E-state index contributed by atoms with van der Waals surface area (Å²) in [6, 6.07) is 21.7. The molecule has 5 atom stereocenters. The fourth-order valence-corrected chi connectivity index (χ4v) is 11.0. The third-order valence-electron chi connectivity index (χ3n) is 15.0.